The molecular formula is C10H15NO3. The Morgan fingerprint density at radius 3 is 2.36 bits per heavy atom. The minimum absolute atomic E-state index is 0.304. The van der Waals surface area contributed by atoms with E-state index in [-0.39, 0.29) is 5.54 Å². The molecule has 2 saturated carbocycles. The Morgan fingerprint density at radius 2 is 1.93 bits per heavy atom. The zero-order chi connectivity index (χ0) is 10.3. The number of carboxylic acid groups (broad SMARTS) is 1. The van der Waals surface area contributed by atoms with Gasteiger partial charge in [0.25, 0.3) is 0 Å². The Bertz CT molecular complexity index is 271. The van der Waals surface area contributed by atoms with Crippen LogP contribution in [0.3, 0.4) is 0 Å². The number of Topliss-reactive ketones (excluding diaryl/α,β-unsaturated/α-hetero) is 1. The van der Waals surface area contributed by atoms with Crippen molar-refractivity contribution in [2.75, 3.05) is 0 Å². The van der Waals surface area contributed by atoms with E-state index in [1.807, 2.05) is 6.92 Å². The van der Waals surface area contributed by atoms with Crippen molar-refractivity contribution >= 4 is 11.9 Å². The van der Waals surface area contributed by atoms with E-state index in [0.29, 0.717) is 30.5 Å². The van der Waals surface area contributed by atoms with Crippen LogP contribution < -0.4 is 5.32 Å². The van der Waals surface area contributed by atoms with Gasteiger partial charge in [-0.2, -0.15) is 0 Å². The SMILES string of the molecule is C[C@]1(NC(=O)O)C[C@H]2CC(=O)C[C@H]2C1. The molecule has 0 spiro atoms. The van der Waals surface area contributed by atoms with Crippen molar-refractivity contribution in [2.45, 2.75) is 38.1 Å². The molecule has 0 unspecified atom stereocenters. The second-order valence-corrected chi connectivity index (χ2v) is 4.87. The van der Waals surface area contributed by atoms with E-state index in [0.717, 1.165) is 12.8 Å². The predicted molar refractivity (Wildman–Crippen MR) is 50.0 cm³/mol. The van der Waals surface area contributed by atoms with Gasteiger partial charge in [0.15, 0.2) is 0 Å². The third-order valence-corrected chi connectivity index (χ3v) is 3.48. The summed E-state index contributed by atoms with van der Waals surface area (Å²) in [5, 5.41) is 11.2. The first-order chi connectivity index (χ1) is 6.48. The molecule has 0 aromatic rings. The van der Waals surface area contributed by atoms with E-state index in [1.165, 1.54) is 0 Å². The maximum atomic E-state index is 11.2. The van der Waals surface area contributed by atoms with E-state index >= 15 is 0 Å². The first kappa shape index (κ1) is 9.49. The van der Waals surface area contributed by atoms with E-state index < -0.39 is 6.09 Å². The van der Waals surface area contributed by atoms with Gasteiger partial charge in [-0.15, -0.1) is 0 Å². The largest absolute Gasteiger partial charge is 0.465 e. The molecule has 0 heterocycles. The number of nitrogens with one attached hydrogen (secondary N) is 1. The predicted octanol–water partition coefficient (Wildman–Crippen LogP) is 1.40. The monoisotopic (exact) mass is 197 g/mol. The fourth-order valence-electron chi connectivity index (χ4n) is 3.08. The Kier molecular flexibility index (Phi) is 2.01. The van der Waals surface area contributed by atoms with Crippen molar-refractivity contribution < 1.29 is 14.7 Å². The van der Waals surface area contributed by atoms with Crippen molar-refractivity contribution in [1.29, 1.82) is 0 Å². The molecule has 0 radical (unpaired) electrons. The summed E-state index contributed by atoms with van der Waals surface area (Å²) in [6.45, 7) is 1.93. The normalized spacial score (nSPS) is 41.1. The lowest BCUT2D eigenvalue weighted by Crippen LogP contribution is -2.43. The highest BCUT2D eigenvalue weighted by Gasteiger charge is 2.47. The Balaban J connectivity index is 2.02. The van der Waals surface area contributed by atoms with Gasteiger partial charge in [0.05, 0.1) is 0 Å². The zero-order valence-electron chi connectivity index (χ0n) is 8.25. The van der Waals surface area contributed by atoms with Crippen LogP contribution >= 0.6 is 0 Å². The van der Waals surface area contributed by atoms with Crippen molar-refractivity contribution in [1.82, 2.24) is 5.32 Å². The maximum Gasteiger partial charge on any atom is 0.405 e. The van der Waals surface area contributed by atoms with Gasteiger partial charge in [0.2, 0.25) is 0 Å². The second-order valence-electron chi connectivity index (χ2n) is 4.87. The zero-order valence-corrected chi connectivity index (χ0v) is 8.25. The Morgan fingerprint density at radius 1 is 1.43 bits per heavy atom. The average molecular weight is 197 g/mol. The molecule has 3 atom stereocenters. The molecule has 0 aromatic heterocycles. The number of carbonyl (C=O) groups is 2. The van der Waals surface area contributed by atoms with Crippen LogP contribution in [0.4, 0.5) is 4.79 Å². The Labute approximate surface area is 82.7 Å². The number of hydrogen-bond acceptors (Lipinski definition) is 2. The lowest BCUT2D eigenvalue weighted by molar-refractivity contribution is -0.117. The molecule has 4 nitrogen and oxygen atoms in total. The number of rotatable bonds is 1. The van der Waals surface area contributed by atoms with E-state index in [2.05, 4.69) is 5.32 Å². The number of ketones is 1. The summed E-state index contributed by atoms with van der Waals surface area (Å²) in [5.74, 6) is 1.18. The topological polar surface area (TPSA) is 66.4 Å². The highest BCUT2D eigenvalue weighted by atomic mass is 16.4. The van der Waals surface area contributed by atoms with Crippen molar-refractivity contribution in [3.63, 3.8) is 0 Å². The van der Waals surface area contributed by atoms with Crippen molar-refractivity contribution in [2.24, 2.45) is 11.8 Å². The molecular weight excluding hydrogens is 182 g/mol. The van der Waals surface area contributed by atoms with Crippen LogP contribution in [0.25, 0.3) is 0 Å². The molecule has 0 bridgehead atoms. The minimum atomic E-state index is -0.959. The lowest BCUT2D eigenvalue weighted by Gasteiger charge is -2.24. The molecule has 2 aliphatic carbocycles. The molecule has 0 saturated heterocycles. The van der Waals surface area contributed by atoms with Crippen LogP contribution in [0.2, 0.25) is 0 Å². The highest BCUT2D eigenvalue weighted by molar-refractivity contribution is 5.81. The summed E-state index contributed by atoms with van der Waals surface area (Å²) < 4.78 is 0. The Hall–Kier alpha value is -1.06. The molecule has 4 heteroatoms. The molecule has 2 rings (SSSR count). The fourth-order valence-corrected chi connectivity index (χ4v) is 3.08. The van der Waals surface area contributed by atoms with E-state index in [1.54, 1.807) is 0 Å². The summed E-state index contributed by atoms with van der Waals surface area (Å²) in [6, 6.07) is 0. The molecule has 0 aliphatic heterocycles. The van der Waals surface area contributed by atoms with Gasteiger partial charge in [0.1, 0.15) is 5.78 Å². The number of amides is 1. The summed E-state index contributed by atoms with van der Waals surface area (Å²) in [4.78, 5) is 21.7. The first-order valence-corrected chi connectivity index (χ1v) is 5.01. The van der Waals surface area contributed by atoms with Crippen molar-refractivity contribution in [3.05, 3.63) is 0 Å². The third kappa shape index (κ3) is 1.61. The maximum absolute atomic E-state index is 11.2. The third-order valence-electron chi connectivity index (χ3n) is 3.48. The van der Waals surface area contributed by atoms with Crippen LogP contribution in [-0.2, 0) is 4.79 Å². The molecule has 2 N–H and O–H groups in total. The van der Waals surface area contributed by atoms with Gasteiger partial charge in [-0.1, -0.05) is 0 Å². The van der Waals surface area contributed by atoms with E-state index in [9.17, 15) is 9.59 Å². The van der Waals surface area contributed by atoms with Crippen molar-refractivity contribution in [3.8, 4) is 0 Å². The molecule has 0 aromatic carbocycles. The van der Waals surface area contributed by atoms with Crippen LogP contribution in [0.15, 0.2) is 0 Å². The summed E-state index contributed by atoms with van der Waals surface area (Å²) in [5.41, 5.74) is -0.304. The van der Waals surface area contributed by atoms with Gasteiger partial charge in [-0.25, -0.2) is 4.79 Å². The molecule has 2 aliphatic rings. The lowest BCUT2D eigenvalue weighted by atomic mass is 9.96. The second kappa shape index (κ2) is 2.97. The standard InChI is InChI=1S/C10H15NO3/c1-10(11-9(13)14)4-6-2-8(12)3-7(6)5-10/h6-7,11H,2-5H2,1H3,(H,13,14)/t6-,7+,10+. The minimum Gasteiger partial charge on any atom is -0.465 e. The summed E-state index contributed by atoms with van der Waals surface area (Å²) in [7, 11) is 0. The van der Waals surface area contributed by atoms with Gasteiger partial charge in [-0.05, 0) is 31.6 Å². The molecule has 1 amide bonds. The van der Waals surface area contributed by atoms with Crippen LogP contribution in [-0.4, -0.2) is 22.5 Å². The smallest absolute Gasteiger partial charge is 0.405 e. The van der Waals surface area contributed by atoms with Crippen LogP contribution in [0.5, 0.6) is 0 Å². The molecule has 14 heavy (non-hydrogen) atoms. The number of fused-ring (bicyclic) bond motifs is 1. The summed E-state index contributed by atoms with van der Waals surface area (Å²) >= 11 is 0. The average Bonchev–Trinajstić information content (AvgIpc) is 2.38. The first-order valence-electron chi connectivity index (χ1n) is 5.01. The van der Waals surface area contributed by atoms with Crippen LogP contribution in [0, 0.1) is 11.8 Å². The van der Waals surface area contributed by atoms with Gasteiger partial charge >= 0.3 is 6.09 Å². The van der Waals surface area contributed by atoms with Gasteiger partial charge in [-0.3, -0.25) is 4.79 Å². The number of hydrogen-bond donors (Lipinski definition) is 2. The van der Waals surface area contributed by atoms with Gasteiger partial charge in [0, 0.05) is 18.4 Å². The molecule has 2 fully saturated rings. The quantitative estimate of drug-likeness (QED) is 0.667. The molecule has 78 valence electrons. The van der Waals surface area contributed by atoms with Gasteiger partial charge < -0.3 is 10.4 Å². The van der Waals surface area contributed by atoms with E-state index in [4.69, 9.17) is 5.11 Å². The van der Waals surface area contributed by atoms with Crippen LogP contribution in [0.1, 0.15) is 32.6 Å². The summed E-state index contributed by atoms with van der Waals surface area (Å²) in [6.07, 6.45) is 1.98. The number of carbonyl (C=O) groups excluding carboxylic acids is 1. The fraction of sp³-hybridized carbons (Fsp3) is 0.800. The highest BCUT2D eigenvalue weighted by Crippen LogP contribution is 2.47.